The van der Waals surface area contributed by atoms with E-state index >= 15 is 0 Å². The van der Waals surface area contributed by atoms with Crippen LogP contribution in [0.4, 0.5) is 5.69 Å². The number of esters is 2. The number of carboxylic acid groups (broad SMARTS) is 1. The predicted molar refractivity (Wildman–Crippen MR) is 96.8 cm³/mol. The summed E-state index contributed by atoms with van der Waals surface area (Å²) < 4.78 is 11.3. The van der Waals surface area contributed by atoms with Gasteiger partial charge in [-0.15, -0.1) is 0 Å². The fourth-order valence-corrected chi connectivity index (χ4v) is 3.81. The molecule has 0 amide bonds. The van der Waals surface area contributed by atoms with Crippen LogP contribution in [0.5, 0.6) is 0 Å². The third kappa shape index (κ3) is 4.13. The summed E-state index contributed by atoms with van der Waals surface area (Å²) in [7, 11) is 0. The van der Waals surface area contributed by atoms with Crippen LogP contribution in [0.3, 0.4) is 0 Å². The van der Waals surface area contributed by atoms with Gasteiger partial charge in [0.2, 0.25) is 0 Å². The highest BCUT2D eigenvalue weighted by atomic mass is 127. The van der Waals surface area contributed by atoms with Gasteiger partial charge in [-0.25, -0.2) is 14.4 Å². The van der Waals surface area contributed by atoms with Crippen LogP contribution in [0.2, 0.25) is 0 Å². The minimum Gasteiger partial charge on any atom is -0.478 e. The molecule has 23 heavy (non-hydrogen) atoms. The van der Waals surface area contributed by atoms with Crippen LogP contribution in [0.1, 0.15) is 24.2 Å². The summed E-state index contributed by atoms with van der Waals surface area (Å²) in [4.78, 5) is 35.0. The molecule has 0 radical (unpaired) electrons. The summed E-state index contributed by atoms with van der Waals surface area (Å²) in [6.45, 7) is 2.88. The molecule has 0 unspecified atom stereocenters. The first kappa shape index (κ1) is 18.0. The second-order valence-electron chi connectivity index (χ2n) is 5.00. The number of ether oxygens (including phenoxy) is 2. The molecule has 1 aliphatic rings. The Balaban J connectivity index is 2.35. The third-order valence-electron chi connectivity index (χ3n) is 2.76. The van der Waals surface area contributed by atoms with Gasteiger partial charge in [-0.05, 0) is 57.3 Å². The number of carboxylic acids is 1. The minimum atomic E-state index is -1.32. The number of hydrogen-bond donors (Lipinski definition) is 2. The quantitative estimate of drug-likeness (QED) is 0.262. The molecule has 2 N–H and O–H groups in total. The molecule has 7 nitrogen and oxygen atoms in total. The van der Waals surface area contributed by atoms with Gasteiger partial charge in [0.15, 0.2) is 5.57 Å². The zero-order chi connectivity index (χ0) is 17.4. The topological polar surface area (TPSA) is 102 Å². The standard InChI is InChI=1S/C14H11I2NO6/c1-14(2)22-12(20)8(13(21)23-14)5-17-10-7(11(18)19)3-6(15)4-9(10)16/h3-5,17H,1-2H3,(H,18,19). The number of cyclic esters (lactones) is 2. The first-order chi connectivity index (χ1) is 10.6. The maximum atomic E-state index is 11.8. The van der Waals surface area contributed by atoms with E-state index < -0.39 is 23.7 Å². The van der Waals surface area contributed by atoms with Gasteiger partial charge in [0.25, 0.3) is 5.79 Å². The lowest BCUT2D eigenvalue weighted by atomic mass is 10.1. The molecule has 0 saturated carbocycles. The maximum Gasteiger partial charge on any atom is 0.350 e. The summed E-state index contributed by atoms with van der Waals surface area (Å²) in [5.74, 6) is -4.13. The number of anilines is 1. The Labute approximate surface area is 158 Å². The summed E-state index contributed by atoms with van der Waals surface area (Å²) in [5.41, 5.74) is -0.0394. The van der Waals surface area contributed by atoms with Crippen molar-refractivity contribution in [3.63, 3.8) is 0 Å². The highest BCUT2D eigenvalue weighted by Gasteiger charge is 2.39. The summed E-state index contributed by atoms with van der Waals surface area (Å²) in [6, 6.07) is 3.24. The number of carbonyl (C=O) groups excluding carboxylic acids is 2. The van der Waals surface area contributed by atoms with Crippen molar-refractivity contribution in [3.8, 4) is 0 Å². The molecule has 1 aromatic carbocycles. The van der Waals surface area contributed by atoms with Gasteiger partial charge in [-0.1, -0.05) is 0 Å². The van der Waals surface area contributed by atoms with Crippen LogP contribution >= 0.6 is 45.2 Å². The molecular weight excluding hydrogens is 532 g/mol. The third-order valence-corrected chi connectivity index (χ3v) is 4.24. The van der Waals surface area contributed by atoms with Gasteiger partial charge in [-0.3, -0.25) is 0 Å². The Morgan fingerprint density at radius 1 is 1.22 bits per heavy atom. The number of nitrogens with one attached hydrogen (secondary N) is 1. The maximum absolute atomic E-state index is 11.8. The molecule has 9 heteroatoms. The van der Waals surface area contributed by atoms with E-state index in [4.69, 9.17) is 9.47 Å². The molecule has 1 aliphatic heterocycles. The van der Waals surface area contributed by atoms with Crippen molar-refractivity contribution in [1.29, 1.82) is 0 Å². The summed E-state index contributed by atoms with van der Waals surface area (Å²) in [6.07, 6.45) is 1.09. The second kappa shape index (κ2) is 6.63. The van der Waals surface area contributed by atoms with E-state index in [-0.39, 0.29) is 16.8 Å². The SMILES string of the molecule is CC1(C)OC(=O)C(=CNc2c(I)cc(I)cc2C(=O)O)C(=O)O1. The van der Waals surface area contributed by atoms with E-state index in [0.29, 0.717) is 3.57 Å². The highest BCUT2D eigenvalue weighted by molar-refractivity contribution is 14.1. The zero-order valence-electron chi connectivity index (χ0n) is 12.0. The van der Waals surface area contributed by atoms with Gasteiger partial charge in [-0.2, -0.15) is 0 Å². The Bertz CT molecular complexity index is 719. The minimum absolute atomic E-state index is 0.0241. The van der Waals surface area contributed by atoms with Gasteiger partial charge in [0.05, 0.1) is 11.3 Å². The number of hydrogen-bond acceptors (Lipinski definition) is 6. The first-order valence-electron chi connectivity index (χ1n) is 6.26. The number of carbonyl (C=O) groups is 3. The van der Waals surface area contributed by atoms with Gasteiger partial charge in [0.1, 0.15) is 0 Å². The Kier molecular flexibility index (Phi) is 5.18. The van der Waals surface area contributed by atoms with Crippen LogP contribution in [-0.4, -0.2) is 28.8 Å². The van der Waals surface area contributed by atoms with Crippen molar-refractivity contribution in [2.75, 3.05) is 5.32 Å². The second-order valence-corrected chi connectivity index (χ2v) is 7.40. The average Bonchev–Trinajstić information content (AvgIpc) is 2.37. The number of rotatable bonds is 3. The van der Waals surface area contributed by atoms with Crippen molar-refractivity contribution in [3.05, 3.63) is 36.6 Å². The molecule has 122 valence electrons. The molecule has 1 heterocycles. The number of aromatic carboxylic acids is 1. The van der Waals surface area contributed by atoms with Gasteiger partial charge >= 0.3 is 17.9 Å². The Hall–Kier alpha value is -1.37. The Morgan fingerprint density at radius 3 is 2.30 bits per heavy atom. The van der Waals surface area contributed by atoms with Crippen molar-refractivity contribution < 1.29 is 29.0 Å². The van der Waals surface area contributed by atoms with Crippen molar-refractivity contribution in [2.24, 2.45) is 0 Å². The van der Waals surface area contributed by atoms with Crippen molar-refractivity contribution in [2.45, 2.75) is 19.6 Å². The van der Waals surface area contributed by atoms with Crippen molar-refractivity contribution in [1.82, 2.24) is 0 Å². The fraction of sp³-hybridized carbons (Fsp3) is 0.214. The van der Waals surface area contributed by atoms with E-state index in [2.05, 4.69) is 5.32 Å². The highest BCUT2D eigenvalue weighted by Crippen LogP contribution is 2.28. The van der Waals surface area contributed by atoms with Crippen molar-refractivity contribution >= 4 is 68.8 Å². The normalized spacial score (nSPS) is 16.4. The van der Waals surface area contributed by atoms with Crippen LogP contribution in [0.15, 0.2) is 23.9 Å². The lowest BCUT2D eigenvalue weighted by molar-refractivity contribution is -0.222. The van der Waals surface area contributed by atoms with Gasteiger partial charge in [0, 0.05) is 27.2 Å². The molecule has 0 aromatic heterocycles. The number of halogens is 2. The van der Waals surface area contributed by atoms with Crippen LogP contribution in [0.25, 0.3) is 0 Å². The molecule has 0 spiro atoms. The van der Waals surface area contributed by atoms with Crippen LogP contribution in [0, 0.1) is 7.14 Å². The predicted octanol–water partition coefficient (Wildman–Crippen LogP) is 2.73. The average molecular weight is 543 g/mol. The molecule has 2 rings (SSSR count). The van der Waals surface area contributed by atoms with E-state index in [1.165, 1.54) is 19.9 Å². The molecule has 0 bridgehead atoms. The Morgan fingerprint density at radius 2 is 1.78 bits per heavy atom. The van der Waals surface area contributed by atoms with Crippen LogP contribution in [-0.2, 0) is 19.1 Å². The zero-order valence-corrected chi connectivity index (χ0v) is 16.3. The van der Waals surface area contributed by atoms with Crippen LogP contribution < -0.4 is 5.32 Å². The van der Waals surface area contributed by atoms with E-state index in [0.717, 1.165) is 9.77 Å². The van der Waals surface area contributed by atoms with E-state index in [1.807, 2.05) is 45.2 Å². The monoisotopic (exact) mass is 543 g/mol. The molecular formula is C14H11I2NO6. The number of benzene rings is 1. The lowest BCUT2D eigenvalue weighted by Gasteiger charge is -2.29. The summed E-state index contributed by atoms with van der Waals surface area (Å²) in [5, 5.41) is 12.0. The first-order valence-corrected chi connectivity index (χ1v) is 8.42. The molecule has 0 aliphatic carbocycles. The molecule has 0 atom stereocenters. The fourth-order valence-electron chi connectivity index (χ4n) is 1.81. The molecule has 1 aromatic rings. The largest absolute Gasteiger partial charge is 0.478 e. The van der Waals surface area contributed by atoms with E-state index in [1.54, 1.807) is 6.07 Å². The lowest BCUT2D eigenvalue weighted by Crippen LogP contribution is -2.42. The van der Waals surface area contributed by atoms with Gasteiger partial charge < -0.3 is 19.9 Å². The molecule has 1 fully saturated rings. The molecule has 1 saturated heterocycles. The summed E-state index contributed by atoms with van der Waals surface area (Å²) >= 11 is 3.97. The smallest absolute Gasteiger partial charge is 0.350 e. The van der Waals surface area contributed by atoms with E-state index in [9.17, 15) is 19.5 Å².